The summed E-state index contributed by atoms with van der Waals surface area (Å²) in [6.45, 7) is 1.43. The van der Waals surface area contributed by atoms with E-state index in [-0.39, 0.29) is 32.4 Å². The van der Waals surface area contributed by atoms with Crippen molar-refractivity contribution in [1.29, 1.82) is 0 Å². The van der Waals surface area contributed by atoms with Gasteiger partial charge in [-0.3, -0.25) is 19.2 Å². The van der Waals surface area contributed by atoms with E-state index in [0.717, 1.165) is 36.9 Å². The van der Waals surface area contributed by atoms with Crippen molar-refractivity contribution in [3.63, 3.8) is 0 Å². The van der Waals surface area contributed by atoms with Gasteiger partial charge in [0.2, 0.25) is 0 Å². The number of aromatic hydroxyl groups is 1. The summed E-state index contributed by atoms with van der Waals surface area (Å²) >= 11 is 0.785. The summed E-state index contributed by atoms with van der Waals surface area (Å²) in [5.41, 5.74) is -1.98. The third-order valence-corrected chi connectivity index (χ3v) is 7.25. The first-order valence-corrected chi connectivity index (χ1v) is 12.5. The molecular weight excluding hydrogens is 503 g/mol. The van der Waals surface area contributed by atoms with E-state index < -0.39 is 40.0 Å². The number of fused-ring (bicyclic) bond motifs is 1. The molecule has 2 heterocycles. The Labute approximate surface area is 212 Å². The second-order valence-corrected chi connectivity index (χ2v) is 9.89. The first-order valence-electron chi connectivity index (χ1n) is 11.7. The Kier molecular flexibility index (Phi) is 6.28. The number of hydrogen-bond acceptors (Lipinski definition) is 8. The first kappa shape index (κ1) is 24.6. The van der Waals surface area contributed by atoms with Crippen LogP contribution in [0.2, 0.25) is 0 Å². The molecule has 2 aromatic rings. The molecule has 0 bridgehead atoms. The SMILES string of the molecule is CNC(=O)[C@@H](C)Oc1cc2snc(-c3c(O)c4cc(F)cc(CCC5CC5)c4[nH]c3=O)[nH]c=2c(=O)c1=O. The molecule has 3 aliphatic rings. The summed E-state index contributed by atoms with van der Waals surface area (Å²) in [6, 6.07) is 3.76. The number of ether oxygens (including phenoxy) is 1. The number of aromatic nitrogens is 3. The summed E-state index contributed by atoms with van der Waals surface area (Å²) < 4.78 is 24.2. The number of aryl methyl sites for hydroxylation is 1. The standard InChI is InChI=1S/C25H23FN4O6S/c1-10(24(34)27-2)36-15-9-16-19(22(33)21(15)32)28-23(30-37-16)17-20(31)14-8-13(26)7-12(6-5-11-3-4-11)18(14)29-25(17)35/h7-11H,3-6H2,1-2H3,(H,27,34)(H,28,30)(H2,29,31,35)/t10-/m1/s1. The lowest BCUT2D eigenvalue weighted by Gasteiger charge is -2.12. The predicted molar refractivity (Wildman–Crippen MR) is 135 cm³/mol. The number of pyridine rings is 1. The van der Waals surface area contributed by atoms with Crippen LogP contribution in [0.15, 0.2) is 32.6 Å². The molecule has 192 valence electrons. The molecular formula is C25H23FN4O6S. The molecule has 5 rings (SSSR count). The minimum atomic E-state index is -1.02. The van der Waals surface area contributed by atoms with E-state index in [1.165, 1.54) is 26.1 Å². The van der Waals surface area contributed by atoms with E-state index in [1.54, 1.807) is 0 Å². The van der Waals surface area contributed by atoms with Gasteiger partial charge in [-0.15, -0.1) is 0 Å². The van der Waals surface area contributed by atoms with Gasteiger partial charge in [0.1, 0.15) is 22.5 Å². The lowest BCUT2D eigenvalue weighted by atomic mass is 10.0. The van der Waals surface area contributed by atoms with E-state index in [9.17, 15) is 28.7 Å². The van der Waals surface area contributed by atoms with Crippen molar-refractivity contribution < 1.29 is 19.0 Å². The van der Waals surface area contributed by atoms with E-state index in [0.29, 0.717) is 23.4 Å². The Hall–Kier alpha value is -4.06. The van der Waals surface area contributed by atoms with Gasteiger partial charge in [0.25, 0.3) is 22.3 Å². The maximum absolute atomic E-state index is 14.4. The molecule has 1 amide bonds. The highest BCUT2D eigenvalue weighted by molar-refractivity contribution is 7.03. The summed E-state index contributed by atoms with van der Waals surface area (Å²) in [5, 5.41) is 13.3. The molecule has 0 spiro atoms. The van der Waals surface area contributed by atoms with Gasteiger partial charge in [0.15, 0.2) is 17.7 Å². The van der Waals surface area contributed by atoms with E-state index in [2.05, 4.69) is 19.7 Å². The molecule has 0 unspecified atom stereocenters. The van der Waals surface area contributed by atoms with Crippen molar-refractivity contribution in [3.05, 3.63) is 70.3 Å². The largest absolute Gasteiger partial charge is 0.506 e. The molecule has 4 N–H and O–H groups in total. The number of halogens is 1. The molecule has 0 saturated heterocycles. The molecule has 1 atom stereocenters. The average molecular weight is 527 g/mol. The smallest absolute Gasteiger partial charge is 0.269 e. The van der Waals surface area contributed by atoms with Crippen LogP contribution in [0.25, 0.3) is 22.3 Å². The van der Waals surface area contributed by atoms with Crippen LogP contribution in [0.5, 0.6) is 11.5 Å². The van der Waals surface area contributed by atoms with Crippen LogP contribution < -0.4 is 26.5 Å². The minimum Gasteiger partial charge on any atom is -0.506 e. The van der Waals surface area contributed by atoms with Crippen molar-refractivity contribution in [2.24, 2.45) is 5.92 Å². The van der Waals surface area contributed by atoms with E-state index in [4.69, 9.17) is 4.74 Å². The number of rotatable bonds is 7. The second-order valence-electron chi connectivity index (χ2n) is 9.08. The average Bonchev–Trinajstić information content (AvgIpc) is 3.70. The van der Waals surface area contributed by atoms with Gasteiger partial charge in [0, 0.05) is 18.5 Å². The highest BCUT2D eigenvalue weighted by Gasteiger charge is 2.23. The fourth-order valence-corrected chi connectivity index (χ4v) is 4.98. The third-order valence-electron chi connectivity index (χ3n) is 6.46. The van der Waals surface area contributed by atoms with E-state index in [1.807, 2.05) is 0 Å². The first-order chi connectivity index (χ1) is 17.7. The molecule has 10 nitrogen and oxygen atoms in total. The van der Waals surface area contributed by atoms with Gasteiger partial charge < -0.3 is 25.1 Å². The highest BCUT2D eigenvalue weighted by atomic mass is 32.1. The van der Waals surface area contributed by atoms with Crippen LogP contribution in [0.4, 0.5) is 4.39 Å². The molecule has 2 aliphatic carbocycles. The minimum absolute atomic E-state index is 0.111. The number of carbonyl (C=O) groups excluding carboxylic acids is 1. The number of amides is 1. The number of H-pyrrole nitrogens is 2. The van der Waals surface area contributed by atoms with Crippen molar-refractivity contribution in [2.45, 2.75) is 38.7 Å². The van der Waals surface area contributed by atoms with Crippen LogP contribution in [0.3, 0.4) is 0 Å². The van der Waals surface area contributed by atoms with Gasteiger partial charge in [-0.2, -0.15) is 4.37 Å². The monoisotopic (exact) mass is 526 g/mol. The lowest BCUT2D eigenvalue weighted by molar-refractivity contribution is -0.126. The third kappa shape index (κ3) is 4.59. The molecule has 1 aromatic carbocycles. The summed E-state index contributed by atoms with van der Waals surface area (Å²) in [5.74, 6) is -1.40. The fraction of sp³-hybridized carbons (Fsp3) is 0.320. The zero-order valence-corrected chi connectivity index (χ0v) is 20.8. The number of nitrogens with zero attached hydrogens (tertiary/aromatic N) is 1. The number of benzene rings is 1. The Morgan fingerprint density at radius 1 is 1.24 bits per heavy atom. The zero-order chi connectivity index (χ0) is 26.4. The predicted octanol–water partition coefficient (Wildman–Crippen LogP) is 2.13. The normalized spacial score (nSPS) is 14.1. The summed E-state index contributed by atoms with van der Waals surface area (Å²) in [4.78, 5) is 55.6. The van der Waals surface area contributed by atoms with Gasteiger partial charge in [0.05, 0.1) is 10.0 Å². The van der Waals surface area contributed by atoms with Gasteiger partial charge in [-0.25, -0.2) is 4.39 Å². The topological polar surface area (TPSA) is 154 Å². The maximum atomic E-state index is 14.4. The number of hydrogen-bond donors (Lipinski definition) is 4. The van der Waals surface area contributed by atoms with Crippen LogP contribution in [-0.2, 0) is 11.2 Å². The molecule has 12 heteroatoms. The fourth-order valence-electron chi connectivity index (χ4n) is 4.26. The Balaban J connectivity index is 1.63. The zero-order valence-electron chi connectivity index (χ0n) is 19.9. The van der Waals surface area contributed by atoms with Crippen LogP contribution in [-0.4, -0.2) is 38.5 Å². The molecule has 37 heavy (non-hydrogen) atoms. The summed E-state index contributed by atoms with van der Waals surface area (Å²) in [6.07, 6.45) is 2.68. The maximum Gasteiger partial charge on any atom is 0.269 e. The quantitative estimate of drug-likeness (QED) is 0.269. The molecule has 1 aliphatic heterocycles. The Morgan fingerprint density at radius 2 is 2.00 bits per heavy atom. The Morgan fingerprint density at radius 3 is 2.70 bits per heavy atom. The molecule has 0 radical (unpaired) electrons. The second kappa shape index (κ2) is 9.43. The number of nitrogens with one attached hydrogen (secondary N) is 3. The van der Waals surface area contributed by atoms with Crippen LogP contribution in [0.1, 0.15) is 31.7 Å². The molecule has 1 fully saturated rings. The number of likely N-dealkylation sites (N-methyl/N-ethyl adjacent to an activating group) is 1. The molecule has 1 saturated carbocycles. The van der Waals surface area contributed by atoms with Gasteiger partial charge in [-0.05, 0) is 54.9 Å². The number of aromatic amines is 2. The van der Waals surface area contributed by atoms with Gasteiger partial charge in [-0.1, -0.05) is 12.8 Å². The van der Waals surface area contributed by atoms with Crippen molar-refractivity contribution >= 4 is 28.3 Å². The van der Waals surface area contributed by atoms with Crippen molar-refractivity contribution in [1.82, 2.24) is 19.7 Å². The van der Waals surface area contributed by atoms with Crippen LogP contribution in [0, 0.1) is 21.6 Å². The van der Waals surface area contributed by atoms with Crippen molar-refractivity contribution in [3.8, 4) is 22.9 Å². The highest BCUT2D eigenvalue weighted by Crippen LogP contribution is 2.36. The summed E-state index contributed by atoms with van der Waals surface area (Å²) in [7, 11) is 1.41. The van der Waals surface area contributed by atoms with Gasteiger partial charge >= 0.3 is 0 Å². The molecule has 1 aromatic heterocycles. The number of carbonyl (C=O) groups is 1. The Bertz CT molecular complexity index is 1790. The lowest BCUT2D eigenvalue weighted by Crippen LogP contribution is -2.36. The van der Waals surface area contributed by atoms with Crippen LogP contribution >= 0.6 is 11.5 Å². The van der Waals surface area contributed by atoms with E-state index >= 15 is 0 Å². The van der Waals surface area contributed by atoms with Crippen molar-refractivity contribution in [2.75, 3.05) is 7.05 Å².